The minimum atomic E-state index is -0.274. The second kappa shape index (κ2) is 30.2. The summed E-state index contributed by atoms with van der Waals surface area (Å²) < 4.78 is 0. The fourth-order valence-electron chi connectivity index (χ4n) is 4.85. The Morgan fingerprint density at radius 1 is 0.658 bits per heavy atom. The second-order valence-electron chi connectivity index (χ2n) is 10.9. The molecule has 0 unspecified atom stereocenters. The standard InChI is InChI=1S/C31H62N4O2.ClH/c1-3-5-7-9-11-12-13-14-15-16-17-18-20-24-29(36)27-28(23-22-26-35-31(32)33)30(37)34-25-21-19-10-8-6-4-2;/h28H,3-27H2,1-2H3,(H,34,37)(H4,32,33,35);1H/t28-;/m1./s1. The fourth-order valence-corrected chi connectivity index (χ4v) is 4.85. The number of carbonyl (C=O) groups is 2. The number of hydrogen-bond acceptors (Lipinski definition) is 3. The zero-order chi connectivity index (χ0) is 27.4. The molecule has 0 aromatic heterocycles. The Hall–Kier alpha value is -1.30. The normalized spacial score (nSPS) is 11.5. The van der Waals surface area contributed by atoms with E-state index in [1.165, 1.54) is 96.3 Å². The number of guanidine groups is 1. The van der Waals surface area contributed by atoms with Crippen LogP contribution in [-0.2, 0) is 9.59 Å². The van der Waals surface area contributed by atoms with Crippen LogP contribution in [0, 0.1) is 5.92 Å². The van der Waals surface area contributed by atoms with Crippen LogP contribution >= 0.6 is 12.4 Å². The van der Waals surface area contributed by atoms with Crippen LogP contribution in [0.4, 0.5) is 0 Å². The summed E-state index contributed by atoms with van der Waals surface area (Å²) in [4.78, 5) is 29.4. The number of Topliss-reactive ketones (excluding diaryl/α,β-unsaturated/α-hetero) is 1. The highest BCUT2D eigenvalue weighted by molar-refractivity contribution is 5.86. The average Bonchev–Trinajstić information content (AvgIpc) is 2.87. The summed E-state index contributed by atoms with van der Waals surface area (Å²) in [6.45, 7) is 5.68. The third-order valence-electron chi connectivity index (χ3n) is 7.24. The maximum atomic E-state index is 12.8. The van der Waals surface area contributed by atoms with Crippen LogP contribution in [0.15, 0.2) is 4.99 Å². The Kier molecular flexibility index (Phi) is 30.9. The lowest BCUT2D eigenvalue weighted by atomic mass is 9.93. The number of amides is 1. The van der Waals surface area contributed by atoms with E-state index in [9.17, 15) is 9.59 Å². The van der Waals surface area contributed by atoms with Crippen molar-refractivity contribution in [1.29, 1.82) is 0 Å². The summed E-state index contributed by atoms with van der Waals surface area (Å²) in [7, 11) is 0. The summed E-state index contributed by atoms with van der Waals surface area (Å²) in [6, 6.07) is 0. The van der Waals surface area contributed by atoms with E-state index in [1.807, 2.05) is 0 Å². The topological polar surface area (TPSA) is 111 Å². The molecule has 6 nitrogen and oxygen atoms in total. The van der Waals surface area contributed by atoms with Crippen molar-refractivity contribution in [2.24, 2.45) is 22.4 Å². The van der Waals surface area contributed by atoms with Crippen molar-refractivity contribution in [2.45, 2.75) is 162 Å². The molecule has 0 rings (SSSR count). The zero-order valence-corrected chi connectivity index (χ0v) is 25.9. The Morgan fingerprint density at radius 2 is 1.11 bits per heavy atom. The van der Waals surface area contributed by atoms with Gasteiger partial charge in [-0.05, 0) is 25.7 Å². The van der Waals surface area contributed by atoms with Crippen LogP contribution in [0.1, 0.15) is 162 Å². The molecule has 0 radical (unpaired) electrons. The van der Waals surface area contributed by atoms with Gasteiger partial charge in [0.2, 0.25) is 5.91 Å². The highest BCUT2D eigenvalue weighted by Gasteiger charge is 2.21. The summed E-state index contributed by atoms with van der Waals surface area (Å²) in [5.41, 5.74) is 10.8. The highest BCUT2D eigenvalue weighted by atomic mass is 35.5. The molecule has 1 amide bonds. The molecule has 226 valence electrons. The van der Waals surface area contributed by atoms with E-state index in [-0.39, 0.29) is 36.0 Å². The minimum absolute atomic E-state index is 0. The Balaban J connectivity index is 0. The maximum absolute atomic E-state index is 12.8. The van der Waals surface area contributed by atoms with Gasteiger partial charge in [-0.2, -0.15) is 0 Å². The summed E-state index contributed by atoms with van der Waals surface area (Å²) in [5.74, 6) is 0.0212. The number of nitrogens with zero attached hydrogens (tertiary/aromatic N) is 1. The van der Waals surface area contributed by atoms with E-state index >= 15 is 0 Å². The lowest BCUT2D eigenvalue weighted by Crippen LogP contribution is -2.33. The largest absolute Gasteiger partial charge is 0.370 e. The Bertz CT molecular complexity index is 568. The van der Waals surface area contributed by atoms with Crippen molar-refractivity contribution in [3.63, 3.8) is 0 Å². The predicted octanol–water partition coefficient (Wildman–Crippen LogP) is 8.00. The molecule has 7 heteroatoms. The van der Waals surface area contributed by atoms with Gasteiger partial charge in [-0.15, -0.1) is 12.4 Å². The van der Waals surface area contributed by atoms with Gasteiger partial charge in [-0.1, -0.05) is 123 Å². The van der Waals surface area contributed by atoms with Gasteiger partial charge in [0, 0.05) is 31.8 Å². The molecule has 0 saturated heterocycles. The van der Waals surface area contributed by atoms with Crippen molar-refractivity contribution in [3.05, 3.63) is 0 Å². The lowest BCUT2D eigenvalue weighted by molar-refractivity contribution is -0.129. The molecule has 0 saturated carbocycles. The van der Waals surface area contributed by atoms with Crippen molar-refractivity contribution in [2.75, 3.05) is 13.1 Å². The van der Waals surface area contributed by atoms with Crippen molar-refractivity contribution >= 4 is 30.1 Å². The third kappa shape index (κ3) is 27.7. The molecule has 0 fully saturated rings. The number of rotatable bonds is 28. The highest BCUT2D eigenvalue weighted by Crippen LogP contribution is 2.17. The first-order valence-electron chi connectivity index (χ1n) is 15.9. The molecule has 0 aromatic carbocycles. The van der Waals surface area contributed by atoms with E-state index in [2.05, 4.69) is 24.2 Å². The number of ketones is 1. The SMILES string of the molecule is CCCCCCCCCCCCCCCC(=O)C[C@@H](CCCN=C(N)N)C(=O)NCCCCCCCC.Cl. The Morgan fingerprint density at radius 3 is 1.58 bits per heavy atom. The van der Waals surface area contributed by atoms with E-state index in [0.29, 0.717) is 38.8 Å². The second-order valence-corrected chi connectivity index (χ2v) is 10.9. The summed E-state index contributed by atoms with van der Waals surface area (Å²) in [5, 5.41) is 3.07. The van der Waals surface area contributed by atoms with Crippen molar-refractivity contribution in [3.8, 4) is 0 Å². The minimum Gasteiger partial charge on any atom is -0.370 e. The Labute approximate surface area is 241 Å². The molecule has 1 atom stereocenters. The van der Waals surface area contributed by atoms with E-state index in [1.54, 1.807) is 0 Å². The number of nitrogens with two attached hydrogens (primary N) is 2. The molecule has 0 heterocycles. The monoisotopic (exact) mass is 558 g/mol. The van der Waals surface area contributed by atoms with Gasteiger partial charge in [-0.3, -0.25) is 14.6 Å². The van der Waals surface area contributed by atoms with Crippen molar-refractivity contribution < 1.29 is 9.59 Å². The zero-order valence-electron chi connectivity index (χ0n) is 25.1. The van der Waals surface area contributed by atoms with Gasteiger partial charge in [-0.25, -0.2) is 0 Å². The molecule has 0 aliphatic heterocycles. The number of halogens is 1. The van der Waals surface area contributed by atoms with Gasteiger partial charge < -0.3 is 16.8 Å². The lowest BCUT2D eigenvalue weighted by Gasteiger charge is -2.16. The van der Waals surface area contributed by atoms with Crippen LogP contribution < -0.4 is 16.8 Å². The van der Waals surface area contributed by atoms with Crippen LogP contribution in [-0.4, -0.2) is 30.7 Å². The molecule has 0 aliphatic rings. The predicted molar refractivity (Wildman–Crippen MR) is 167 cm³/mol. The quantitative estimate of drug-likeness (QED) is 0.0513. The van der Waals surface area contributed by atoms with Crippen molar-refractivity contribution in [1.82, 2.24) is 5.32 Å². The molecule has 38 heavy (non-hydrogen) atoms. The molecule has 0 aromatic rings. The number of nitrogens with one attached hydrogen (secondary N) is 1. The summed E-state index contributed by atoms with van der Waals surface area (Å²) >= 11 is 0. The molecule has 5 N–H and O–H groups in total. The first kappa shape index (κ1) is 38.8. The van der Waals surface area contributed by atoms with E-state index in [4.69, 9.17) is 11.5 Å². The molecule has 0 bridgehead atoms. The molecule has 0 aliphatic carbocycles. The fraction of sp³-hybridized carbons (Fsp3) is 0.903. The summed E-state index contributed by atoms with van der Waals surface area (Å²) in [6.07, 6.45) is 26.3. The van der Waals surface area contributed by atoms with Gasteiger partial charge in [0.1, 0.15) is 5.78 Å². The van der Waals surface area contributed by atoms with Crippen LogP contribution in [0.3, 0.4) is 0 Å². The van der Waals surface area contributed by atoms with E-state index < -0.39 is 0 Å². The first-order chi connectivity index (χ1) is 18.0. The van der Waals surface area contributed by atoms with Crippen LogP contribution in [0.5, 0.6) is 0 Å². The molecular weight excluding hydrogens is 496 g/mol. The van der Waals surface area contributed by atoms with Gasteiger partial charge >= 0.3 is 0 Å². The average molecular weight is 559 g/mol. The van der Waals surface area contributed by atoms with Gasteiger partial charge in [0.05, 0.1) is 0 Å². The number of aliphatic imine (C=N–C) groups is 1. The van der Waals surface area contributed by atoms with Crippen LogP contribution in [0.2, 0.25) is 0 Å². The smallest absolute Gasteiger partial charge is 0.223 e. The number of hydrogen-bond donors (Lipinski definition) is 3. The van der Waals surface area contributed by atoms with Crippen LogP contribution in [0.25, 0.3) is 0 Å². The maximum Gasteiger partial charge on any atom is 0.223 e. The number of carbonyl (C=O) groups excluding carboxylic acids is 2. The third-order valence-corrected chi connectivity index (χ3v) is 7.24. The van der Waals surface area contributed by atoms with Gasteiger partial charge in [0.15, 0.2) is 5.96 Å². The molecule has 0 spiro atoms. The molecular formula is C31H63ClN4O2. The van der Waals surface area contributed by atoms with E-state index in [0.717, 1.165) is 25.7 Å². The first-order valence-corrected chi connectivity index (χ1v) is 15.9. The number of unbranched alkanes of at least 4 members (excludes halogenated alkanes) is 17. The van der Waals surface area contributed by atoms with Gasteiger partial charge in [0.25, 0.3) is 0 Å².